The van der Waals surface area contributed by atoms with Crippen LogP contribution in [-0.4, -0.2) is 33.3 Å². The number of carbonyl (C=O) groups excluding carboxylic acids is 3. The van der Waals surface area contributed by atoms with Crippen molar-refractivity contribution in [3.63, 3.8) is 0 Å². The van der Waals surface area contributed by atoms with Gasteiger partial charge < -0.3 is 14.9 Å². The molecule has 0 spiro atoms. The molecular weight excluding hydrogens is 336 g/mol. The Kier molecular flexibility index (Phi) is 4.89. The number of hydrogen-bond acceptors (Lipinski definition) is 6. The second-order valence-electron chi connectivity index (χ2n) is 6.67. The zero-order valence-corrected chi connectivity index (χ0v) is 14.2. The number of esters is 1. The highest BCUT2D eigenvalue weighted by Gasteiger charge is 2.57. The van der Waals surface area contributed by atoms with Crippen molar-refractivity contribution in [1.29, 1.82) is 0 Å². The zero-order chi connectivity index (χ0) is 18.8. The first-order chi connectivity index (χ1) is 12.4. The van der Waals surface area contributed by atoms with Crippen LogP contribution in [0.25, 0.3) is 0 Å². The Balaban J connectivity index is 1.99. The smallest absolute Gasteiger partial charge is 0.351 e. The Labute approximate surface area is 150 Å². The van der Waals surface area contributed by atoms with Crippen molar-refractivity contribution in [2.75, 3.05) is 0 Å². The van der Waals surface area contributed by atoms with Gasteiger partial charge in [0.05, 0.1) is 0 Å². The van der Waals surface area contributed by atoms with Crippen molar-refractivity contribution in [3.05, 3.63) is 59.9 Å². The monoisotopic (exact) mass is 356 g/mol. The second kappa shape index (κ2) is 6.97. The van der Waals surface area contributed by atoms with Gasteiger partial charge in [0.25, 0.3) is 0 Å². The van der Waals surface area contributed by atoms with Crippen LogP contribution in [0.5, 0.6) is 0 Å². The summed E-state index contributed by atoms with van der Waals surface area (Å²) in [6.45, 7) is 0. The molecule has 1 fully saturated rings. The fourth-order valence-corrected chi connectivity index (χ4v) is 3.50. The third kappa shape index (κ3) is 3.13. The van der Waals surface area contributed by atoms with E-state index in [1.807, 2.05) is 0 Å². The number of hydrogen-bond donors (Lipinski definition) is 2. The topological polar surface area (TPSA) is 101 Å². The van der Waals surface area contributed by atoms with Crippen LogP contribution in [-0.2, 0) is 24.7 Å². The molecule has 0 saturated heterocycles. The Morgan fingerprint density at radius 3 is 2.35 bits per heavy atom. The van der Waals surface area contributed by atoms with E-state index in [0.717, 1.165) is 24.6 Å². The molecule has 136 valence electrons. The average molecular weight is 356 g/mol. The van der Waals surface area contributed by atoms with Crippen LogP contribution in [0.4, 0.5) is 0 Å². The summed E-state index contributed by atoms with van der Waals surface area (Å²) >= 11 is 0. The highest BCUT2D eigenvalue weighted by atomic mass is 16.6. The highest BCUT2D eigenvalue weighted by Crippen LogP contribution is 2.44. The molecule has 2 aliphatic carbocycles. The van der Waals surface area contributed by atoms with Crippen molar-refractivity contribution in [2.45, 2.75) is 43.3 Å². The molecule has 1 atom stereocenters. The van der Waals surface area contributed by atoms with Gasteiger partial charge in [0.15, 0.2) is 11.5 Å². The van der Waals surface area contributed by atoms with Crippen molar-refractivity contribution in [1.82, 2.24) is 0 Å². The molecule has 6 nitrogen and oxygen atoms in total. The third-order valence-electron chi connectivity index (χ3n) is 4.96. The quantitative estimate of drug-likeness (QED) is 0.629. The molecule has 2 aliphatic rings. The summed E-state index contributed by atoms with van der Waals surface area (Å²) in [6.07, 6.45) is 5.61. The van der Waals surface area contributed by atoms with Gasteiger partial charge in [0, 0.05) is 6.08 Å². The minimum atomic E-state index is -2.35. The van der Waals surface area contributed by atoms with Crippen LogP contribution in [0.2, 0.25) is 0 Å². The normalized spacial score (nSPS) is 21.7. The van der Waals surface area contributed by atoms with E-state index >= 15 is 0 Å². The van der Waals surface area contributed by atoms with Gasteiger partial charge in [0.1, 0.15) is 5.60 Å². The number of ketones is 2. The van der Waals surface area contributed by atoms with Crippen molar-refractivity contribution >= 4 is 17.5 Å². The molecule has 26 heavy (non-hydrogen) atoms. The predicted octanol–water partition coefficient (Wildman–Crippen LogP) is 1.70. The molecule has 0 bridgehead atoms. The minimum absolute atomic E-state index is 0.181. The largest absolute Gasteiger partial charge is 0.420 e. The summed E-state index contributed by atoms with van der Waals surface area (Å²) in [7, 11) is 0. The van der Waals surface area contributed by atoms with Crippen LogP contribution < -0.4 is 0 Å². The maximum Gasteiger partial charge on any atom is 0.351 e. The zero-order valence-electron chi connectivity index (χ0n) is 14.2. The van der Waals surface area contributed by atoms with Crippen molar-refractivity contribution < 1.29 is 29.3 Å². The van der Waals surface area contributed by atoms with Gasteiger partial charge in [-0.25, -0.2) is 4.79 Å². The SMILES string of the molecule is O=C1C=CC(=O)C(OC(=O)C(O)(c2ccccc2)C2(O)CCCCC2)=C1. The van der Waals surface area contributed by atoms with Crippen molar-refractivity contribution in [3.8, 4) is 0 Å². The van der Waals surface area contributed by atoms with Crippen LogP contribution >= 0.6 is 0 Å². The molecule has 1 unspecified atom stereocenters. The van der Waals surface area contributed by atoms with Gasteiger partial charge >= 0.3 is 5.97 Å². The highest BCUT2D eigenvalue weighted by molar-refractivity contribution is 6.17. The number of benzene rings is 1. The lowest BCUT2D eigenvalue weighted by Crippen LogP contribution is -2.58. The first-order valence-electron chi connectivity index (χ1n) is 8.57. The molecule has 6 heteroatoms. The molecule has 1 saturated carbocycles. The molecule has 0 aromatic heterocycles. The van der Waals surface area contributed by atoms with E-state index in [1.54, 1.807) is 18.2 Å². The summed E-state index contributed by atoms with van der Waals surface area (Å²) in [4.78, 5) is 36.3. The Morgan fingerprint density at radius 1 is 1.04 bits per heavy atom. The molecule has 2 N–H and O–H groups in total. The summed E-state index contributed by atoms with van der Waals surface area (Å²) in [5, 5.41) is 22.5. The van der Waals surface area contributed by atoms with Crippen LogP contribution in [0.1, 0.15) is 37.7 Å². The molecule has 3 rings (SSSR count). The summed E-state index contributed by atoms with van der Waals surface area (Å²) in [5.74, 6) is -2.77. The fourth-order valence-electron chi connectivity index (χ4n) is 3.50. The lowest BCUT2D eigenvalue weighted by Gasteiger charge is -2.44. The van der Waals surface area contributed by atoms with Crippen LogP contribution in [0, 0.1) is 0 Å². The second-order valence-corrected chi connectivity index (χ2v) is 6.67. The first kappa shape index (κ1) is 18.2. The van der Waals surface area contributed by atoms with E-state index in [4.69, 9.17) is 4.74 Å². The Hall–Kier alpha value is -2.57. The molecular formula is C20H20O6. The molecule has 1 aromatic carbocycles. The van der Waals surface area contributed by atoms with Gasteiger partial charge in [0.2, 0.25) is 11.4 Å². The number of ether oxygens (including phenoxy) is 1. The molecule has 0 amide bonds. The minimum Gasteiger partial charge on any atom is -0.420 e. The summed E-state index contributed by atoms with van der Waals surface area (Å²) < 4.78 is 5.10. The Morgan fingerprint density at radius 2 is 1.69 bits per heavy atom. The van der Waals surface area contributed by atoms with Crippen molar-refractivity contribution in [2.24, 2.45) is 0 Å². The maximum atomic E-state index is 12.9. The van der Waals surface area contributed by atoms with Gasteiger partial charge in [-0.2, -0.15) is 0 Å². The van der Waals surface area contributed by atoms with E-state index in [0.29, 0.717) is 12.8 Å². The lowest BCUT2D eigenvalue weighted by molar-refractivity contribution is -0.206. The van der Waals surface area contributed by atoms with Gasteiger partial charge in [-0.3, -0.25) is 9.59 Å². The lowest BCUT2D eigenvalue weighted by atomic mass is 9.69. The molecule has 1 aromatic rings. The van der Waals surface area contributed by atoms with Gasteiger partial charge in [-0.15, -0.1) is 0 Å². The van der Waals surface area contributed by atoms with Crippen LogP contribution in [0.3, 0.4) is 0 Å². The number of aliphatic hydroxyl groups is 2. The number of allylic oxidation sites excluding steroid dienone is 3. The average Bonchev–Trinajstić information content (AvgIpc) is 2.65. The summed E-state index contributed by atoms with van der Waals surface area (Å²) in [5.41, 5.74) is -3.89. The fraction of sp³-hybridized carbons (Fsp3) is 0.350. The first-order valence-corrected chi connectivity index (χ1v) is 8.57. The third-order valence-corrected chi connectivity index (χ3v) is 4.96. The number of rotatable bonds is 4. The van der Waals surface area contributed by atoms with E-state index in [-0.39, 0.29) is 18.4 Å². The van der Waals surface area contributed by atoms with Crippen LogP contribution in [0.15, 0.2) is 54.3 Å². The molecule has 0 heterocycles. The predicted molar refractivity (Wildman–Crippen MR) is 91.7 cm³/mol. The van der Waals surface area contributed by atoms with E-state index in [2.05, 4.69) is 0 Å². The molecule has 0 aliphatic heterocycles. The van der Waals surface area contributed by atoms with E-state index in [9.17, 15) is 24.6 Å². The van der Waals surface area contributed by atoms with Gasteiger partial charge in [-0.1, -0.05) is 49.6 Å². The number of carbonyl (C=O) groups is 3. The van der Waals surface area contributed by atoms with E-state index < -0.39 is 34.5 Å². The summed E-state index contributed by atoms with van der Waals surface area (Å²) in [6, 6.07) is 8.04. The van der Waals surface area contributed by atoms with Gasteiger partial charge in [-0.05, 0) is 30.6 Å². The molecule has 0 radical (unpaired) electrons. The van der Waals surface area contributed by atoms with E-state index in [1.165, 1.54) is 12.1 Å². The maximum absolute atomic E-state index is 12.9. The Bertz CT molecular complexity index is 786. The standard InChI is InChI=1S/C20H20O6/c21-15-9-10-16(22)17(13-15)26-18(23)20(25,14-7-3-1-4-8-14)19(24)11-5-2-6-12-19/h1,3-4,7-10,13,24-25H,2,5-6,11-12H2.